The lowest BCUT2D eigenvalue weighted by Crippen LogP contribution is -2.37. The first-order valence-corrected chi connectivity index (χ1v) is 6.67. The second kappa shape index (κ2) is 5.61. The molecule has 1 N–H and O–H groups in total. The van der Waals surface area contributed by atoms with Gasteiger partial charge in [0.2, 0.25) is 0 Å². The number of aliphatic hydroxyl groups excluding tert-OH is 1. The summed E-state index contributed by atoms with van der Waals surface area (Å²) < 4.78 is 5.25. The molecule has 0 radical (unpaired) electrons. The number of aryl methyl sites for hydroxylation is 1. The summed E-state index contributed by atoms with van der Waals surface area (Å²) in [6.07, 6.45) is 0.998. The van der Waals surface area contributed by atoms with E-state index in [9.17, 15) is 9.90 Å². The molecule has 0 bridgehead atoms. The maximum Gasteiger partial charge on any atom is 0.251 e. The minimum absolute atomic E-state index is 0.0757. The summed E-state index contributed by atoms with van der Waals surface area (Å²) >= 11 is 0. The highest BCUT2D eigenvalue weighted by Gasteiger charge is 2.31. The van der Waals surface area contributed by atoms with Crippen LogP contribution in [0.25, 0.3) is 0 Å². The van der Waals surface area contributed by atoms with E-state index in [-0.39, 0.29) is 11.9 Å². The van der Waals surface area contributed by atoms with Crippen LogP contribution in [0.4, 0.5) is 0 Å². The highest BCUT2D eigenvalue weighted by atomic mass is 16.5. The molecule has 1 saturated heterocycles. The Morgan fingerprint density at radius 3 is 2.84 bits per heavy atom. The van der Waals surface area contributed by atoms with Crippen LogP contribution in [0.3, 0.4) is 0 Å². The van der Waals surface area contributed by atoms with Crippen LogP contribution in [0, 0.1) is 6.92 Å². The van der Waals surface area contributed by atoms with Gasteiger partial charge in [0.1, 0.15) is 11.9 Å². The zero-order valence-corrected chi connectivity index (χ0v) is 11.7. The number of carbonyl (C=O) groups excluding carboxylic acids is 1. The fraction of sp³-hybridized carbons (Fsp3) is 0.533. The van der Waals surface area contributed by atoms with E-state index in [2.05, 4.69) is 6.07 Å². The second-order valence-electron chi connectivity index (χ2n) is 5.09. The molecule has 1 heterocycles. The van der Waals surface area contributed by atoms with Gasteiger partial charge in [-0.05, 0) is 43.9 Å². The average molecular weight is 263 g/mol. The number of methoxy groups -OCH3 is 1. The number of hydrogen-bond donors (Lipinski definition) is 1. The SMILES string of the molecule is COc1ccc(C2CCCN2C(=O)C(C)O)cc1C. The number of carbonyl (C=O) groups is 1. The van der Waals surface area contributed by atoms with E-state index in [1.54, 1.807) is 12.0 Å². The standard InChI is InChI=1S/C15H21NO3/c1-10-9-12(6-7-14(10)19-3)13-5-4-8-16(13)15(18)11(2)17/h6-7,9,11,13,17H,4-5,8H2,1-3H3. The van der Waals surface area contributed by atoms with Gasteiger partial charge >= 0.3 is 0 Å². The summed E-state index contributed by atoms with van der Waals surface area (Å²) in [5.41, 5.74) is 2.18. The van der Waals surface area contributed by atoms with Crippen LogP contribution in [0.5, 0.6) is 5.75 Å². The van der Waals surface area contributed by atoms with Crippen LogP contribution < -0.4 is 4.74 Å². The first-order valence-electron chi connectivity index (χ1n) is 6.67. The Bertz CT molecular complexity index is 470. The van der Waals surface area contributed by atoms with Crippen molar-refractivity contribution in [1.82, 2.24) is 4.90 Å². The van der Waals surface area contributed by atoms with Gasteiger partial charge in [-0.2, -0.15) is 0 Å². The van der Waals surface area contributed by atoms with Gasteiger partial charge in [-0.1, -0.05) is 12.1 Å². The Hall–Kier alpha value is -1.55. The van der Waals surface area contributed by atoms with E-state index in [1.807, 2.05) is 19.1 Å². The minimum atomic E-state index is -0.931. The van der Waals surface area contributed by atoms with Crippen LogP contribution in [0.2, 0.25) is 0 Å². The van der Waals surface area contributed by atoms with Crippen LogP contribution in [0.1, 0.15) is 36.9 Å². The van der Waals surface area contributed by atoms with Gasteiger partial charge in [-0.15, -0.1) is 0 Å². The number of benzene rings is 1. The van der Waals surface area contributed by atoms with Gasteiger partial charge in [0.15, 0.2) is 0 Å². The van der Waals surface area contributed by atoms with Gasteiger partial charge in [-0.3, -0.25) is 4.79 Å². The molecular formula is C15H21NO3. The Morgan fingerprint density at radius 1 is 1.53 bits per heavy atom. The first kappa shape index (κ1) is 13.9. The molecule has 1 aromatic rings. The zero-order chi connectivity index (χ0) is 14.0. The van der Waals surface area contributed by atoms with E-state index < -0.39 is 6.10 Å². The molecular weight excluding hydrogens is 242 g/mol. The summed E-state index contributed by atoms with van der Waals surface area (Å²) in [6.45, 7) is 4.24. The largest absolute Gasteiger partial charge is 0.496 e. The summed E-state index contributed by atoms with van der Waals surface area (Å²) in [4.78, 5) is 13.8. The molecule has 1 fully saturated rings. The van der Waals surface area contributed by atoms with Crippen molar-refractivity contribution in [3.63, 3.8) is 0 Å². The molecule has 4 nitrogen and oxygen atoms in total. The second-order valence-corrected chi connectivity index (χ2v) is 5.09. The van der Waals surface area contributed by atoms with Crippen molar-refractivity contribution < 1.29 is 14.6 Å². The molecule has 4 heteroatoms. The highest BCUT2D eigenvalue weighted by Crippen LogP contribution is 2.34. The molecule has 0 aliphatic carbocycles. The van der Waals surface area contributed by atoms with Crippen molar-refractivity contribution in [3.05, 3.63) is 29.3 Å². The van der Waals surface area contributed by atoms with E-state index in [0.717, 1.165) is 36.3 Å². The van der Waals surface area contributed by atoms with Gasteiger partial charge in [0, 0.05) is 6.54 Å². The predicted molar refractivity (Wildman–Crippen MR) is 73.1 cm³/mol. The number of amides is 1. The highest BCUT2D eigenvalue weighted by molar-refractivity contribution is 5.81. The van der Waals surface area contributed by atoms with Crippen LogP contribution in [-0.2, 0) is 4.79 Å². The number of rotatable bonds is 3. The third-order valence-electron chi connectivity index (χ3n) is 3.70. The Balaban J connectivity index is 2.25. The normalized spacial score (nSPS) is 20.4. The van der Waals surface area contributed by atoms with Crippen LogP contribution >= 0.6 is 0 Å². The third-order valence-corrected chi connectivity index (χ3v) is 3.70. The first-order chi connectivity index (χ1) is 9.04. The zero-order valence-electron chi connectivity index (χ0n) is 11.7. The molecule has 0 aromatic heterocycles. The summed E-state index contributed by atoms with van der Waals surface area (Å²) in [5, 5.41) is 9.47. The lowest BCUT2D eigenvalue weighted by atomic mass is 10.0. The predicted octanol–water partition coefficient (Wildman–Crippen LogP) is 2.05. The molecule has 2 atom stereocenters. The number of hydrogen-bond acceptors (Lipinski definition) is 3. The van der Waals surface area contributed by atoms with Crippen molar-refractivity contribution in [2.75, 3.05) is 13.7 Å². The minimum Gasteiger partial charge on any atom is -0.496 e. The molecule has 0 saturated carbocycles. The molecule has 1 amide bonds. The monoisotopic (exact) mass is 263 g/mol. The molecule has 1 aliphatic rings. The van der Waals surface area contributed by atoms with Gasteiger partial charge in [0.05, 0.1) is 13.2 Å². The lowest BCUT2D eigenvalue weighted by Gasteiger charge is -2.26. The van der Waals surface area contributed by atoms with Crippen molar-refractivity contribution in [2.45, 2.75) is 38.8 Å². The van der Waals surface area contributed by atoms with Gasteiger partial charge < -0.3 is 14.7 Å². The fourth-order valence-electron chi connectivity index (χ4n) is 2.73. The third kappa shape index (κ3) is 2.73. The summed E-state index contributed by atoms with van der Waals surface area (Å²) in [5.74, 6) is 0.672. The molecule has 0 spiro atoms. The molecule has 1 aliphatic heterocycles. The van der Waals surface area contributed by atoms with Crippen molar-refractivity contribution >= 4 is 5.91 Å². The quantitative estimate of drug-likeness (QED) is 0.908. The molecule has 104 valence electrons. The van der Waals surface area contributed by atoms with Gasteiger partial charge in [0.25, 0.3) is 5.91 Å². The summed E-state index contributed by atoms with van der Waals surface area (Å²) in [7, 11) is 1.65. The van der Waals surface area contributed by atoms with E-state index in [1.165, 1.54) is 6.92 Å². The van der Waals surface area contributed by atoms with Crippen molar-refractivity contribution in [1.29, 1.82) is 0 Å². The fourth-order valence-corrected chi connectivity index (χ4v) is 2.73. The van der Waals surface area contributed by atoms with Crippen LogP contribution in [0.15, 0.2) is 18.2 Å². The molecule has 19 heavy (non-hydrogen) atoms. The van der Waals surface area contributed by atoms with E-state index in [0.29, 0.717) is 0 Å². The number of ether oxygens (including phenoxy) is 1. The molecule has 2 rings (SSSR count). The lowest BCUT2D eigenvalue weighted by molar-refractivity contribution is -0.140. The average Bonchev–Trinajstić information content (AvgIpc) is 2.86. The summed E-state index contributed by atoms with van der Waals surface area (Å²) in [6, 6.07) is 6.08. The van der Waals surface area contributed by atoms with Crippen molar-refractivity contribution in [2.24, 2.45) is 0 Å². The number of nitrogens with zero attached hydrogens (tertiary/aromatic N) is 1. The molecule has 2 unspecified atom stereocenters. The number of likely N-dealkylation sites (tertiary alicyclic amines) is 1. The van der Waals surface area contributed by atoms with E-state index >= 15 is 0 Å². The Labute approximate surface area is 114 Å². The topological polar surface area (TPSA) is 49.8 Å². The Morgan fingerprint density at radius 2 is 2.26 bits per heavy atom. The maximum atomic E-state index is 12.0. The van der Waals surface area contributed by atoms with E-state index in [4.69, 9.17) is 4.74 Å². The van der Waals surface area contributed by atoms with Crippen LogP contribution in [-0.4, -0.2) is 35.7 Å². The molecule has 1 aromatic carbocycles. The van der Waals surface area contributed by atoms with Crippen molar-refractivity contribution in [3.8, 4) is 5.75 Å². The maximum absolute atomic E-state index is 12.0. The smallest absolute Gasteiger partial charge is 0.251 e. The Kier molecular flexibility index (Phi) is 4.10. The van der Waals surface area contributed by atoms with Gasteiger partial charge in [-0.25, -0.2) is 0 Å². The number of aliphatic hydroxyl groups is 1.